The molecule has 1 N–H and O–H groups in total. The van der Waals surface area contributed by atoms with Crippen LogP contribution in [0, 0.1) is 0 Å². The molecule has 1 atom stereocenters. The van der Waals surface area contributed by atoms with Gasteiger partial charge in [0.05, 0.1) is 14.2 Å². The number of allylic oxidation sites excluding steroid dienone is 2. The van der Waals surface area contributed by atoms with Gasteiger partial charge in [0.25, 0.3) is 0 Å². The molecular formula is C27H35N2O7S3Te+. The van der Waals surface area contributed by atoms with Crippen LogP contribution in [0.25, 0.3) is 12.2 Å². The van der Waals surface area contributed by atoms with Crippen molar-refractivity contribution in [3.05, 3.63) is 44.5 Å². The normalized spacial score (nSPS) is 18.0. The molecule has 2 aliphatic heterocycles. The molecule has 0 saturated heterocycles. The van der Waals surface area contributed by atoms with Gasteiger partial charge in [-0.05, 0) is 0 Å². The smallest absolute Gasteiger partial charge is 0.286 e. The molecule has 0 spiro atoms. The number of rotatable bonds is 12. The van der Waals surface area contributed by atoms with E-state index in [2.05, 4.69) is 41.5 Å². The predicted molar refractivity (Wildman–Crippen MR) is 161 cm³/mol. The number of ether oxygens (including phenoxy) is 4. The average molecular weight is 723 g/mol. The molecule has 0 amide bonds. The fraction of sp³-hybridized carbons (Fsp3) is 0.444. The summed E-state index contributed by atoms with van der Waals surface area (Å²) in [6, 6.07) is 3.86. The second-order valence-corrected chi connectivity index (χ2v) is 15.6. The van der Waals surface area contributed by atoms with Crippen LogP contribution < -0.4 is 22.7 Å². The Bertz CT molecular complexity index is 1450. The fourth-order valence-electron chi connectivity index (χ4n) is 4.48. The first kappa shape index (κ1) is 31.2. The summed E-state index contributed by atoms with van der Waals surface area (Å²) in [5.74, 6) is 1.82. The van der Waals surface area contributed by atoms with Gasteiger partial charge in [0.2, 0.25) is 0 Å². The van der Waals surface area contributed by atoms with Crippen molar-refractivity contribution in [1.82, 2.24) is 0 Å². The number of fused-ring (bicyclic) bond motifs is 2. The molecule has 0 fully saturated rings. The van der Waals surface area contributed by atoms with Gasteiger partial charge in [-0.2, -0.15) is 8.42 Å². The summed E-state index contributed by atoms with van der Waals surface area (Å²) in [6.07, 6.45) is 7.62. The number of nitrogens with zero attached hydrogens (tertiary/aromatic N) is 2. The standard InChI is InChI=1S/C27H34N2O7S3Te/c1-7-17(12-24-28(8-2)26-23(38-24)16-21(35-5)27(36-6)40-26)13-25-29(10-9-11-39(30,31)32)18-14-19(33-3)20(34-4)15-22(18)37-25/h12-16,27H,7-11H2,1-6H3/p+1. The number of methoxy groups -OCH3 is 4. The van der Waals surface area contributed by atoms with E-state index in [1.165, 1.54) is 13.6 Å². The summed E-state index contributed by atoms with van der Waals surface area (Å²) < 4.78 is 58.3. The predicted octanol–water partition coefficient (Wildman–Crippen LogP) is 3.90. The van der Waals surface area contributed by atoms with E-state index in [-0.39, 0.29) is 16.3 Å². The fourth-order valence-corrected chi connectivity index (χ4v) is 11.3. The van der Waals surface area contributed by atoms with Crippen molar-refractivity contribution < 1.29 is 36.5 Å². The number of anilines is 1. The molecule has 0 saturated carbocycles. The third kappa shape index (κ3) is 6.84. The van der Waals surface area contributed by atoms with Crippen LogP contribution in [0.1, 0.15) is 36.6 Å². The average Bonchev–Trinajstić information content (AvgIpc) is 3.45. The molecule has 13 heteroatoms. The third-order valence-corrected chi connectivity index (χ3v) is 13.6. The van der Waals surface area contributed by atoms with Crippen LogP contribution in [0.15, 0.2) is 39.5 Å². The monoisotopic (exact) mass is 725 g/mol. The number of benzene rings is 1. The minimum absolute atomic E-state index is 0.0264. The number of thiazole rings is 1. The van der Waals surface area contributed by atoms with Crippen molar-refractivity contribution in [2.45, 2.75) is 42.3 Å². The van der Waals surface area contributed by atoms with Crippen molar-refractivity contribution in [3.63, 3.8) is 0 Å². The molecule has 0 radical (unpaired) electrons. The van der Waals surface area contributed by atoms with Gasteiger partial charge in [0.1, 0.15) is 0 Å². The van der Waals surface area contributed by atoms with E-state index >= 15 is 0 Å². The third-order valence-electron chi connectivity index (χ3n) is 6.47. The molecule has 4 rings (SSSR count). The van der Waals surface area contributed by atoms with E-state index < -0.39 is 31.0 Å². The molecule has 40 heavy (non-hydrogen) atoms. The number of thioether (sulfide) groups is 1. The topological polar surface area (TPSA) is 98.4 Å². The summed E-state index contributed by atoms with van der Waals surface area (Å²) >= 11 is 2.73. The van der Waals surface area contributed by atoms with Gasteiger partial charge < -0.3 is 0 Å². The van der Waals surface area contributed by atoms with Crippen LogP contribution in [0.5, 0.6) is 11.5 Å². The Morgan fingerprint density at radius 2 is 1.88 bits per heavy atom. The van der Waals surface area contributed by atoms with Crippen molar-refractivity contribution in [1.29, 1.82) is 0 Å². The number of aromatic nitrogens is 1. The van der Waals surface area contributed by atoms with E-state index in [0.717, 1.165) is 39.9 Å². The van der Waals surface area contributed by atoms with Gasteiger partial charge >= 0.3 is 229 Å². The summed E-state index contributed by atoms with van der Waals surface area (Å²) in [5.41, 5.74) is 2.07. The minimum Gasteiger partial charge on any atom is -0.286 e. The van der Waals surface area contributed by atoms with E-state index in [1.54, 1.807) is 51.5 Å². The van der Waals surface area contributed by atoms with Gasteiger partial charge in [-0.25, -0.2) is 0 Å². The SMILES string of the molecule is CCC(=Cc1sc2c([n+]1CC)[Te]C(OC)C(OC)=C2)C=C1Sc2cc(OC)c(OC)cc2N1CCCS(=O)(=O)O. The zero-order chi connectivity index (χ0) is 29.0. The maximum absolute atomic E-state index is 11.4. The van der Waals surface area contributed by atoms with Crippen molar-refractivity contribution >= 4 is 75.7 Å². The van der Waals surface area contributed by atoms with Crippen LogP contribution in [0.2, 0.25) is 0 Å². The van der Waals surface area contributed by atoms with Crippen LogP contribution >= 0.6 is 23.1 Å². The van der Waals surface area contributed by atoms with Crippen LogP contribution in [-0.2, 0) is 26.1 Å². The van der Waals surface area contributed by atoms with Gasteiger partial charge in [-0.3, -0.25) is 4.55 Å². The van der Waals surface area contributed by atoms with Gasteiger partial charge in [0.15, 0.2) is 0 Å². The molecule has 0 bridgehead atoms. The molecule has 2 aromatic rings. The quantitative estimate of drug-likeness (QED) is 0.199. The number of hydrogen-bond acceptors (Lipinski definition) is 9. The first-order chi connectivity index (χ1) is 19.2. The summed E-state index contributed by atoms with van der Waals surface area (Å²) in [5, 5.41) is 2.16. The summed E-state index contributed by atoms with van der Waals surface area (Å²) in [7, 11) is 2.58. The molecule has 0 aliphatic carbocycles. The van der Waals surface area contributed by atoms with Crippen LogP contribution in [0.3, 0.4) is 0 Å². The first-order valence-corrected chi connectivity index (χ1v) is 18.5. The maximum atomic E-state index is 11.4. The van der Waals surface area contributed by atoms with E-state index in [9.17, 15) is 13.0 Å². The van der Waals surface area contributed by atoms with E-state index in [1.807, 2.05) is 12.1 Å². The van der Waals surface area contributed by atoms with Crippen molar-refractivity contribution in [3.8, 4) is 11.5 Å². The van der Waals surface area contributed by atoms with Crippen LogP contribution in [-0.4, -0.2) is 78.8 Å². The van der Waals surface area contributed by atoms with E-state index in [4.69, 9.17) is 18.9 Å². The Kier molecular flexibility index (Phi) is 10.5. The molecule has 2 aliphatic rings. The molecular weight excluding hydrogens is 688 g/mol. The minimum atomic E-state index is -4.05. The summed E-state index contributed by atoms with van der Waals surface area (Å²) in [6.45, 7) is 5.59. The molecule has 1 aromatic heterocycles. The molecule has 9 nitrogen and oxygen atoms in total. The summed E-state index contributed by atoms with van der Waals surface area (Å²) in [4.78, 5) is 4.32. The van der Waals surface area contributed by atoms with Gasteiger partial charge in [0, 0.05) is 0 Å². The van der Waals surface area contributed by atoms with E-state index in [0.29, 0.717) is 18.0 Å². The number of hydrogen-bond donors (Lipinski definition) is 1. The van der Waals surface area contributed by atoms with Crippen LogP contribution in [0.4, 0.5) is 5.69 Å². The second kappa shape index (κ2) is 13.5. The molecule has 3 heterocycles. The Morgan fingerprint density at radius 1 is 1.15 bits per heavy atom. The molecule has 1 unspecified atom stereocenters. The van der Waals surface area contributed by atoms with Crippen molar-refractivity contribution in [2.75, 3.05) is 45.6 Å². The Labute approximate surface area is 254 Å². The molecule has 218 valence electrons. The first-order valence-electron chi connectivity index (χ1n) is 12.8. The van der Waals surface area contributed by atoms with Gasteiger partial charge in [-0.15, -0.1) is 0 Å². The zero-order valence-corrected chi connectivity index (χ0v) is 28.2. The van der Waals surface area contributed by atoms with Crippen molar-refractivity contribution in [2.24, 2.45) is 0 Å². The Hall–Kier alpha value is -1.72. The zero-order valence-electron chi connectivity index (χ0n) is 23.4. The second-order valence-electron chi connectivity index (χ2n) is 8.91. The molecule has 1 aromatic carbocycles. The Balaban J connectivity index is 1.73. The van der Waals surface area contributed by atoms with Gasteiger partial charge in [-0.1, -0.05) is 0 Å². The Morgan fingerprint density at radius 3 is 2.48 bits per heavy atom.